The number of aromatic nitrogens is 1. The summed E-state index contributed by atoms with van der Waals surface area (Å²) < 4.78 is 24.9. The Labute approximate surface area is 146 Å². The van der Waals surface area contributed by atoms with Gasteiger partial charge < -0.3 is 14.5 Å². The monoisotopic (exact) mass is 347 g/mol. The van der Waals surface area contributed by atoms with Gasteiger partial charge in [0.1, 0.15) is 17.3 Å². The van der Waals surface area contributed by atoms with Crippen molar-refractivity contribution in [3.05, 3.63) is 35.5 Å². The van der Waals surface area contributed by atoms with Crippen molar-refractivity contribution in [1.82, 2.24) is 15.2 Å². The quantitative estimate of drug-likeness (QED) is 0.900. The van der Waals surface area contributed by atoms with E-state index in [1.807, 2.05) is 6.92 Å². The second-order valence-corrected chi connectivity index (χ2v) is 6.29. The van der Waals surface area contributed by atoms with E-state index in [9.17, 15) is 9.18 Å². The van der Waals surface area contributed by atoms with Crippen molar-refractivity contribution in [3.63, 3.8) is 0 Å². The molecule has 1 aromatic heterocycles. The number of nitrogens with one attached hydrogen (secondary N) is 1. The lowest BCUT2D eigenvalue weighted by Crippen LogP contribution is -2.35. The highest BCUT2D eigenvalue weighted by Gasteiger charge is 2.25. The van der Waals surface area contributed by atoms with Crippen molar-refractivity contribution in [2.75, 3.05) is 20.2 Å². The molecule has 2 aromatic rings. The molecule has 1 amide bonds. The Hall–Kier alpha value is -2.41. The Bertz CT molecular complexity index is 775. The predicted octanol–water partition coefficient (Wildman–Crippen LogP) is 2.51. The number of nitrogens with zero attached hydrogens (tertiary/aromatic N) is 2. The summed E-state index contributed by atoms with van der Waals surface area (Å²) in [5, 5.41) is 2.94. The van der Waals surface area contributed by atoms with Crippen LogP contribution in [0.25, 0.3) is 11.5 Å². The fraction of sp³-hybridized carbons (Fsp3) is 0.444. The topological polar surface area (TPSA) is 67.6 Å². The molecule has 25 heavy (non-hydrogen) atoms. The number of oxazole rings is 1. The third-order valence-electron chi connectivity index (χ3n) is 4.35. The number of hydrogen-bond donors (Lipinski definition) is 1. The molecule has 1 N–H and O–H groups in total. The van der Waals surface area contributed by atoms with Crippen molar-refractivity contribution >= 4 is 5.91 Å². The summed E-state index contributed by atoms with van der Waals surface area (Å²) in [6.07, 6.45) is 0.913. The lowest BCUT2D eigenvalue weighted by molar-refractivity contribution is -0.119. The Balaban J connectivity index is 1.72. The first-order chi connectivity index (χ1) is 12.0. The first-order valence-corrected chi connectivity index (χ1v) is 8.26. The summed E-state index contributed by atoms with van der Waals surface area (Å²) in [4.78, 5) is 17.8. The van der Waals surface area contributed by atoms with E-state index < -0.39 is 5.82 Å². The number of aryl methyl sites for hydroxylation is 1. The van der Waals surface area contributed by atoms with Crippen LogP contribution in [0, 0.1) is 12.7 Å². The Morgan fingerprint density at radius 3 is 3.00 bits per heavy atom. The first-order valence-electron chi connectivity index (χ1n) is 8.26. The van der Waals surface area contributed by atoms with Gasteiger partial charge in [-0.05, 0) is 25.5 Å². The van der Waals surface area contributed by atoms with Gasteiger partial charge in [-0.1, -0.05) is 0 Å². The summed E-state index contributed by atoms with van der Waals surface area (Å²) in [7, 11) is 1.49. The minimum atomic E-state index is -0.431. The van der Waals surface area contributed by atoms with E-state index in [0.29, 0.717) is 23.6 Å². The van der Waals surface area contributed by atoms with E-state index in [1.54, 1.807) is 12.1 Å². The third-order valence-corrected chi connectivity index (χ3v) is 4.35. The minimum Gasteiger partial charge on any atom is -0.497 e. The molecule has 0 bridgehead atoms. The molecule has 3 rings (SSSR count). The molecule has 1 fully saturated rings. The van der Waals surface area contributed by atoms with Gasteiger partial charge in [0.15, 0.2) is 0 Å². The Morgan fingerprint density at radius 2 is 2.32 bits per heavy atom. The van der Waals surface area contributed by atoms with Gasteiger partial charge in [0, 0.05) is 38.7 Å². The summed E-state index contributed by atoms with van der Waals surface area (Å²) in [6, 6.07) is 4.76. The van der Waals surface area contributed by atoms with E-state index in [2.05, 4.69) is 15.2 Å². The number of carbonyl (C=O) groups excluding carboxylic acids is 1. The first kappa shape index (κ1) is 17.4. The summed E-state index contributed by atoms with van der Waals surface area (Å²) in [5.41, 5.74) is 1.10. The lowest BCUT2D eigenvalue weighted by Gasteiger charge is -2.15. The van der Waals surface area contributed by atoms with E-state index >= 15 is 0 Å². The average Bonchev–Trinajstić information content (AvgIpc) is 3.14. The molecule has 1 atom stereocenters. The normalized spacial score (nSPS) is 17.7. The van der Waals surface area contributed by atoms with Crippen molar-refractivity contribution in [2.45, 2.75) is 32.9 Å². The highest BCUT2D eigenvalue weighted by atomic mass is 19.1. The van der Waals surface area contributed by atoms with Crippen LogP contribution < -0.4 is 10.1 Å². The number of hydrogen-bond acceptors (Lipinski definition) is 5. The molecule has 1 aromatic carbocycles. The molecule has 2 heterocycles. The predicted molar refractivity (Wildman–Crippen MR) is 90.7 cm³/mol. The van der Waals surface area contributed by atoms with E-state index in [0.717, 1.165) is 25.2 Å². The smallest absolute Gasteiger partial charge is 0.229 e. The van der Waals surface area contributed by atoms with Crippen LogP contribution in [-0.4, -0.2) is 42.0 Å². The van der Waals surface area contributed by atoms with Crippen LogP contribution in [0.15, 0.2) is 22.6 Å². The number of rotatable bonds is 5. The number of halogens is 1. The van der Waals surface area contributed by atoms with E-state index in [1.165, 1.54) is 20.1 Å². The maximum absolute atomic E-state index is 14.2. The maximum Gasteiger partial charge on any atom is 0.229 e. The maximum atomic E-state index is 14.2. The number of amides is 1. The minimum absolute atomic E-state index is 0.0123. The fourth-order valence-corrected chi connectivity index (χ4v) is 3.08. The van der Waals surface area contributed by atoms with Crippen LogP contribution in [0.1, 0.15) is 24.8 Å². The van der Waals surface area contributed by atoms with Crippen LogP contribution in [0.5, 0.6) is 5.75 Å². The van der Waals surface area contributed by atoms with Gasteiger partial charge in [-0.15, -0.1) is 0 Å². The van der Waals surface area contributed by atoms with E-state index in [-0.39, 0.29) is 17.8 Å². The number of carbonyl (C=O) groups is 1. The third kappa shape index (κ3) is 3.99. The zero-order valence-electron chi connectivity index (χ0n) is 14.6. The molecule has 7 heteroatoms. The van der Waals surface area contributed by atoms with Crippen LogP contribution in [0.2, 0.25) is 0 Å². The van der Waals surface area contributed by atoms with Crippen molar-refractivity contribution in [2.24, 2.45) is 0 Å². The second kappa shape index (κ2) is 7.23. The van der Waals surface area contributed by atoms with Crippen molar-refractivity contribution < 1.29 is 18.3 Å². The van der Waals surface area contributed by atoms with Crippen LogP contribution >= 0.6 is 0 Å². The molecule has 0 unspecified atom stereocenters. The van der Waals surface area contributed by atoms with Crippen LogP contribution in [0.4, 0.5) is 4.39 Å². The largest absolute Gasteiger partial charge is 0.497 e. The van der Waals surface area contributed by atoms with Crippen molar-refractivity contribution in [3.8, 4) is 17.2 Å². The van der Waals surface area contributed by atoms with Gasteiger partial charge in [0.25, 0.3) is 0 Å². The standard InChI is InChI=1S/C18H22FN3O3/c1-11-17(10-22-7-6-13(9-22)20-12(2)23)21-18(25-11)15-5-4-14(24-3)8-16(15)19/h4-5,8,13H,6-7,9-10H2,1-3H3,(H,20,23)/t13-/m1/s1. The molecule has 6 nitrogen and oxygen atoms in total. The van der Waals surface area contributed by atoms with Gasteiger partial charge in [0.05, 0.1) is 18.4 Å². The van der Waals surface area contributed by atoms with Crippen LogP contribution in [-0.2, 0) is 11.3 Å². The molecule has 0 spiro atoms. The van der Waals surface area contributed by atoms with Crippen molar-refractivity contribution in [1.29, 1.82) is 0 Å². The fourth-order valence-electron chi connectivity index (χ4n) is 3.08. The summed E-state index contributed by atoms with van der Waals surface area (Å²) in [5.74, 6) is 0.949. The van der Waals surface area contributed by atoms with Gasteiger partial charge in [-0.3, -0.25) is 9.69 Å². The molecule has 0 saturated carbocycles. The van der Waals surface area contributed by atoms with E-state index in [4.69, 9.17) is 9.15 Å². The molecule has 0 aliphatic carbocycles. The average molecular weight is 347 g/mol. The zero-order valence-corrected chi connectivity index (χ0v) is 14.6. The lowest BCUT2D eigenvalue weighted by atomic mass is 10.2. The highest BCUT2D eigenvalue weighted by molar-refractivity contribution is 5.73. The van der Waals surface area contributed by atoms with Gasteiger partial charge in [-0.25, -0.2) is 9.37 Å². The summed E-state index contributed by atoms with van der Waals surface area (Å²) in [6.45, 7) is 5.62. The summed E-state index contributed by atoms with van der Waals surface area (Å²) >= 11 is 0. The van der Waals surface area contributed by atoms with Crippen LogP contribution in [0.3, 0.4) is 0 Å². The number of methoxy groups -OCH3 is 1. The number of benzene rings is 1. The second-order valence-electron chi connectivity index (χ2n) is 6.29. The number of likely N-dealkylation sites (tertiary alicyclic amines) is 1. The Morgan fingerprint density at radius 1 is 1.52 bits per heavy atom. The molecule has 134 valence electrons. The SMILES string of the molecule is COc1ccc(-c2nc(CN3CC[C@@H](NC(C)=O)C3)c(C)o2)c(F)c1. The molecule has 1 saturated heterocycles. The molecule has 0 radical (unpaired) electrons. The van der Waals surface area contributed by atoms with Gasteiger partial charge >= 0.3 is 0 Å². The highest BCUT2D eigenvalue weighted by Crippen LogP contribution is 2.28. The molecular weight excluding hydrogens is 325 g/mol. The Kier molecular flexibility index (Phi) is 5.03. The molecule has 1 aliphatic heterocycles. The molecular formula is C18H22FN3O3. The van der Waals surface area contributed by atoms with Gasteiger partial charge in [-0.2, -0.15) is 0 Å². The molecule has 1 aliphatic rings. The zero-order chi connectivity index (χ0) is 18.0. The van der Waals surface area contributed by atoms with Gasteiger partial charge in [0.2, 0.25) is 11.8 Å². The number of ether oxygens (including phenoxy) is 1.